The van der Waals surface area contributed by atoms with E-state index in [-0.39, 0.29) is 5.78 Å². The van der Waals surface area contributed by atoms with E-state index in [0.717, 1.165) is 9.37 Å². The predicted octanol–water partition coefficient (Wildman–Crippen LogP) is 4.02. The first kappa shape index (κ1) is 11.5. The van der Waals surface area contributed by atoms with Gasteiger partial charge in [-0.1, -0.05) is 22.0 Å². The highest BCUT2D eigenvalue weighted by atomic mass is 79.9. The van der Waals surface area contributed by atoms with E-state index in [2.05, 4.69) is 15.9 Å². The number of thioether (sulfide) groups is 1. The number of carbonyl (C=O) groups excluding carboxylic acids is 1. The molecule has 0 saturated carbocycles. The van der Waals surface area contributed by atoms with Crippen molar-refractivity contribution in [1.29, 1.82) is 0 Å². The standard InChI is InChI=1S/C12H9BrO2S/c13-10-2-1-3-11(6-10)16-8-12(14)9-4-5-15-7-9/h1-7H,8H2. The van der Waals surface area contributed by atoms with E-state index < -0.39 is 0 Å². The SMILES string of the molecule is O=C(CSc1cccc(Br)c1)c1ccoc1. The lowest BCUT2D eigenvalue weighted by Gasteiger charge is -2.00. The van der Waals surface area contributed by atoms with E-state index in [1.54, 1.807) is 6.07 Å². The molecule has 2 aromatic rings. The zero-order chi connectivity index (χ0) is 11.4. The minimum atomic E-state index is 0.0822. The van der Waals surface area contributed by atoms with Crippen molar-refractivity contribution >= 4 is 33.5 Å². The van der Waals surface area contributed by atoms with E-state index in [4.69, 9.17) is 4.42 Å². The lowest BCUT2D eigenvalue weighted by atomic mass is 10.2. The van der Waals surface area contributed by atoms with Gasteiger partial charge in [0.2, 0.25) is 0 Å². The summed E-state index contributed by atoms with van der Waals surface area (Å²) in [6.45, 7) is 0. The van der Waals surface area contributed by atoms with Crippen LogP contribution < -0.4 is 0 Å². The lowest BCUT2D eigenvalue weighted by Crippen LogP contribution is -1.99. The maximum absolute atomic E-state index is 11.7. The monoisotopic (exact) mass is 296 g/mol. The predicted molar refractivity (Wildman–Crippen MR) is 67.9 cm³/mol. The molecule has 0 unspecified atom stereocenters. The Bertz CT molecular complexity index is 480. The lowest BCUT2D eigenvalue weighted by molar-refractivity contribution is 0.102. The Morgan fingerprint density at radius 1 is 1.38 bits per heavy atom. The van der Waals surface area contributed by atoms with Gasteiger partial charge in [-0.3, -0.25) is 4.79 Å². The smallest absolute Gasteiger partial charge is 0.176 e. The molecule has 1 heterocycles. The van der Waals surface area contributed by atoms with Crippen LogP contribution in [0.3, 0.4) is 0 Å². The number of carbonyl (C=O) groups is 1. The molecule has 0 bridgehead atoms. The molecular weight excluding hydrogens is 288 g/mol. The van der Waals surface area contributed by atoms with Gasteiger partial charge in [-0.15, -0.1) is 11.8 Å². The van der Waals surface area contributed by atoms with Gasteiger partial charge in [-0.2, -0.15) is 0 Å². The van der Waals surface area contributed by atoms with Gasteiger partial charge in [0.1, 0.15) is 6.26 Å². The highest BCUT2D eigenvalue weighted by molar-refractivity contribution is 9.10. The number of furan rings is 1. The van der Waals surface area contributed by atoms with Crippen LogP contribution in [0.2, 0.25) is 0 Å². The van der Waals surface area contributed by atoms with Crippen LogP contribution >= 0.6 is 27.7 Å². The topological polar surface area (TPSA) is 30.2 Å². The summed E-state index contributed by atoms with van der Waals surface area (Å²) in [7, 11) is 0. The van der Waals surface area contributed by atoms with Gasteiger partial charge in [-0.25, -0.2) is 0 Å². The minimum Gasteiger partial charge on any atom is -0.472 e. The fourth-order valence-electron chi connectivity index (χ4n) is 1.21. The number of rotatable bonds is 4. The third-order valence-corrected chi connectivity index (χ3v) is 3.50. The Labute approximate surface area is 106 Å². The maximum Gasteiger partial charge on any atom is 0.176 e. The van der Waals surface area contributed by atoms with Crippen molar-refractivity contribution in [2.75, 3.05) is 5.75 Å². The maximum atomic E-state index is 11.7. The molecule has 0 spiro atoms. The Morgan fingerprint density at radius 2 is 2.25 bits per heavy atom. The van der Waals surface area contributed by atoms with Crippen LogP contribution in [0.1, 0.15) is 10.4 Å². The van der Waals surface area contributed by atoms with Gasteiger partial charge in [0.15, 0.2) is 5.78 Å². The second kappa shape index (κ2) is 5.37. The molecule has 0 fully saturated rings. The number of hydrogen-bond donors (Lipinski definition) is 0. The molecule has 16 heavy (non-hydrogen) atoms. The van der Waals surface area contributed by atoms with Gasteiger partial charge in [0.25, 0.3) is 0 Å². The Hall–Kier alpha value is -1.00. The van der Waals surface area contributed by atoms with Crippen LogP contribution in [0.15, 0.2) is 56.6 Å². The number of ketones is 1. The fraction of sp³-hybridized carbons (Fsp3) is 0.0833. The molecule has 1 aromatic carbocycles. The highest BCUT2D eigenvalue weighted by Gasteiger charge is 2.07. The highest BCUT2D eigenvalue weighted by Crippen LogP contribution is 2.22. The summed E-state index contributed by atoms with van der Waals surface area (Å²) in [6.07, 6.45) is 2.99. The van der Waals surface area contributed by atoms with Crippen molar-refractivity contribution in [2.45, 2.75) is 4.90 Å². The summed E-state index contributed by atoms with van der Waals surface area (Å²) in [5, 5.41) is 0. The van der Waals surface area contributed by atoms with Crippen molar-refractivity contribution in [1.82, 2.24) is 0 Å². The summed E-state index contributed by atoms with van der Waals surface area (Å²) in [5.41, 5.74) is 0.627. The van der Waals surface area contributed by atoms with Crippen LogP contribution in [0.5, 0.6) is 0 Å². The Balaban J connectivity index is 1.95. The first-order valence-corrected chi connectivity index (χ1v) is 6.47. The number of Topliss-reactive ketones (excluding diaryl/α,β-unsaturated/α-hetero) is 1. The molecule has 2 nitrogen and oxygen atoms in total. The fourth-order valence-corrected chi connectivity index (χ4v) is 2.61. The van der Waals surface area contributed by atoms with Crippen LogP contribution in [0, 0.1) is 0 Å². The van der Waals surface area contributed by atoms with Gasteiger partial charge in [0, 0.05) is 9.37 Å². The van der Waals surface area contributed by atoms with Crippen LogP contribution in [0.4, 0.5) is 0 Å². The molecule has 0 aliphatic heterocycles. The Kier molecular flexibility index (Phi) is 3.85. The van der Waals surface area contributed by atoms with Gasteiger partial charge in [-0.05, 0) is 24.3 Å². The van der Waals surface area contributed by atoms with Crippen molar-refractivity contribution in [3.63, 3.8) is 0 Å². The molecule has 0 atom stereocenters. The van der Waals surface area contributed by atoms with Crippen LogP contribution in [-0.2, 0) is 0 Å². The molecule has 0 amide bonds. The van der Waals surface area contributed by atoms with E-state index in [0.29, 0.717) is 11.3 Å². The molecule has 4 heteroatoms. The minimum absolute atomic E-state index is 0.0822. The molecular formula is C12H9BrO2S. The van der Waals surface area contributed by atoms with Crippen LogP contribution in [-0.4, -0.2) is 11.5 Å². The molecule has 0 aliphatic carbocycles. The quantitative estimate of drug-likeness (QED) is 0.631. The molecule has 2 rings (SSSR count). The zero-order valence-corrected chi connectivity index (χ0v) is 10.8. The van der Waals surface area contributed by atoms with E-state index in [1.807, 2.05) is 24.3 Å². The largest absolute Gasteiger partial charge is 0.472 e. The van der Waals surface area contributed by atoms with Crippen molar-refractivity contribution < 1.29 is 9.21 Å². The average Bonchev–Trinajstić information content (AvgIpc) is 2.79. The average molecular weight is 297 g/mol. The molecule has 0 saturated heterocycles. The summed E-state index contributed by atoms with van der Waals surface area (Å²) in [4.78, 5) is 12.7. The number of benzene rings is 1. The summed E-state index contributed by atoms with van der Waals surface area (Å²) >= 11 is 4.91. The number of hydrogen-bond acceptors (Lipinski definition) is 3. The summed E-state index contributed by atoms with van der Waals surface area (Å²) < 4.78 is 5.89. The van der Waals surface area contributed by atoms with E-state index >= 15 is 0 Å². The first-order valence-electron chi connectivity index (χ1n) is 4.69. The van der Waals surface area contributed by atoms with Gasteiger partial charge < -0.3 is 4.42 Å². The summed E-state index contributed by atoms with van der Waals surface area (Å²) in [5.74, 6) is 0.509. The molecule has 1 aromatic heterocycles. The third-order valence-electron chi connectivity index (χ3n) is 2.01. The zero-order valence-electron chi connectivity index (χ0n) is 8.35. The molecule has 82 valence electrons. The van der Waals surface area contributed by atoms with Crippen molar-refractivity contribution in [3.8, 4) is 0 Å². The molecule has 0 radical (unpaired) electrons. The summed E-state index contributed by atoms with van der Waals surface area (Å²) in [6, 6.07) is 9.58. The first-order chi connectivity index (χ1) is 7.75. The van der Waals surface area contributed by atoms with Crippen molar-refractivity contribution in [3.05, 3.63) is 52.9 Å². The van der Waals surface area contributed by atoms with E-state index in [1.165, 1.54) is 24.3 Å². The van der Waals surface area contributed by atoms with Gasteiger partial charge >= 0.3 is 0 Å². The second-order valence-corrected chi connectivity index (χ2v) is 5.15. The Morgan fingerprint density at radius 3 is 2.94 bits per heavy atom. The third kappa shape index (κ3) is 3.00. The second-order valence-electron chi connectivity index (χ2n) is 3.18. The van der Waals surface area contributed by atoms with Crippen LogP contribution in [0.25, 0.3) is 0 Å². The number of halogens is 1. The normalized spacial score (nSPS) is 10.3. The van der Waals surface area contributed by atoms with Crippen molar-refractivity contribution in [2.24, 2.45) is 0 Å². The van der Waals surface area contributed by atoms with E-state index in [9.17, 15) is 4.79 Å². The van der Waals surface area contributed by atoms with Gasteiger partial charge in [0.05, 0.1) is 17.6 Å². The molecule has 0 aliphatic rings. The molecule has 0 N–H and O–H groups in total.